The maximum atomic E-state index is 12.3. The molecule has 0 bridgehead atoms. The van der Waals surface area contributed by atoms with Crippen molar-refractivity contribution in [2.24, 2.45) is 0 Å². The molecule has 0 aliphatic carbocycles. The lowest BCUT2D eigenvalue weighted by Gasteiger charge is -2.21. The second-order valence-electron chi connectivity index (χ2n) is 6.05. The van der Waals surface area contributed by atoms with Gasteiger partial charge in [0.05, 0.1) is 16.3 Å². The number of carbonyl (C=O) groups is 2. The van der Waals surface area contributed by atoms with Crippen LogP contribution < -0.4 is 10.6 Å². The normalized spacial score (nSPS) is 11.2. The molecule has 0 atom stereocenters. The van der Waals surface area contributed by atoms with Crippen LogP contribution >= 0.6 is 23.2 Å². The lowest BCUT2D eigenvalue weighted by molar-refractivity contribution is 0.0920. The van der Waals surface area contributed by atoms with Gasteiger partial charge in [-0.25, -0.2) is 0 Å². The SMILES string of the molecule is CC(C)(C)NC(=O)c1ccccc1NC(=O)c1cc(Cl)c(Cl)[nH]1. The molecule has 0 saturated heterocycles. The van der Waals surface area contributed by atoms with Gasteiger partial charge in [0, 0.05) is 5.54 Å². The Balaban J connectivity index is 2.23. The minimum Gasteiger partial charge on any atom is -0.347 e. The summed E-state index contributed by atoms with van der Waals surface area (Å²) in [5.74, 6) is -0.703. The third-order valence-corrected chi connectivity index (χ3v) is 3.57. The van der Waals surface area contributed by atoms with Crippen LogP contribution in [0.4, 0.5) is 5.69 Å². The van der Waals surface area contributed by atoms with Crippen LogP contribution in [0.25, 0.3) is 0 Å². The number of nitrogens with one attached hydrogen (secondary N) is 3. The van der Waals surface area contributed by atoms with Crippen LogP contribution in [0.1, 0.15) is 41.6 Å². The van der Waals surface area contributed by atoms with Gasteiger partial charge in [0.2, 0.25) is 0 Å². The van der Waals surface area contributed by atoms with Crippen LogP contribution in [-0.4, -0.2) is 22.3 Å². The van der Waals surface area contributed by atoms with E-state index in [1.807, 2.05) is 20.8 Å². The quantitative estimate of drug-likeness (QED) is 0.776. The molecule has 122 valence electrons. The molecular formula is C16H17Cl2N3O2. The van der Waals surface area contributed by atoms with Gasteiger partial charge in [-0.2, -0.15) is 0 Å². The predicted octanol–water partition coefficient (Wildman–Crippen LogP) is 4.10. The van der Waals surface area contributed by atoms with Gasteiger partial charge in [-0.15, -0.1) is 0 Å². The van der Waals surface area contributed by atoms with E-state index in [0.717, 1.165) is 0 Å². The first kappa shape index (κ1) is 17.4. The second-order valence-corrected chi connectivity index (χ2v) is 6.83. The standard InChI is InChI=1S/C16H17Cl2N3O2/c1-16(2,3)21-14(22)9-6-4-5-7-11(9)20-15(23)12-8-10(17)13(18)19-12/h4-8,19H,1-3H3,(H,20,23)(H,21,22). The third-order valence-electron chi connectivity index (χ3n) is 2.88. The Hall–Kier alpha value is -1.98. The van der Waals surface area contributed by atoms with Crippen molar-refractivity contribution >= 4 is 40.7 Å². The van der Waals surface area contributed by atoms with Crippen molar-refractivity contribution in [2.75, 3.05) is 5.32 Å². The van der Waals surface area contributed by atoms with Gasteiger partial charge < -0.3 is 15.6 Å². The zero-order chi connectivity index (χ0) is 17.2. The Bertz CT molecular complexity index is 729. The number of para-hydroxylation sites is 1. The largest absolute Gasteiger partial charge is 0.347 e. The van der Waals surface area contributed by atoms with Crippen LogP contribution in [0.15, 0.2) is 30.3 Å². The number of carbonyl (C=O) groups excluding carboxylic acids is 2. The summed E-state index contributed by atoms with van der Waals surface area (Å²) in [6.07, 6.45) is 0. The molecular weight excluding hydrogens is 337 g/mol. The van der Waals surface area contributed by atoms with Crippen LogP contribution in [0, 0.1) is 0 Å². The number of H-pyrrole nitrogens is 1. The highest BCUT2D eigenvalue weighted by Crippen LogP contribution is 2.23. The molecule has 2 aromatic rings. The highest BCUT2D eigenvalue weighted by atomic mass is 35.5. The molecule has 1 aromatic heterocycles. The van der Waals surface area contributed by atoms with E-state index in [4.69, 9.17) is 23.2 Å². The van der Waals surface area contributed by atoms with Crippen molar-refractivity contribution in [1.82, 2.24) is 10.3 Å². The molecule has 0 unspecified atom stereocenters. The van der Waals surface area contributed by atoms with E-state index < -0.39 is 5.91 Å². The lowest BCUT2D eigenvalue weighted by Crippen LogP contribution is -2.40. The number of aromatic nitrogens is 1. The first-order chi connectivity index (χ1) is 10.7. The molecule has 0 spiro atoms. The zero-order valence-electron chi connectivity index (χ0n) is 13.0. The van der Waals surface area contributed by atoms with Gasteiger partial charge in [0.1, 0.15) is 10.8 Å². The summed E-state index contributed by atoms with van der Waals surface area (Å²) in [4.78, 5) is 27.3. The Morgan fingerprint density at radius 2 is 1.74 bits per heavy atom. The monoisotopic (exact) mass is 353 g/mol. The van der Waals surface area contributed by atoms with Crippen LogP contribution in [-0.2, 0) is 0 Å². The number of halogens is 2. The number of benzene rings is 1. The Kier molecular flexibility index (Phi) is 5.02. The smallest absolute Gasteiger partial charge is 0.272 e. The number of amides is 2. The highest BCUT2D eigenvalue weighted by molar-refractivity contribution is 6.41. The van der Waals surface area contributed by atoms with Crippen LogP contribution in [0.3, 0.4) is 0 Å². The van der Waals surface area contributed by atoms with Gasteiger partial charge in [-0.05, 0) is 39.0 Å². The molecule has 3 N–H and O–H groups in total. The molecule has 2 amide bonds. The molecule has 0 aliphatic heterocycles. The van der Waals surface area contributed by atoms with E-state index in [9.17, 15) is 9.59 Å². The summed E-state index contributed by atoms with van der Waals surface area (Å²) < 4.78 is 0. The van der Waals surface area contributed by atoms with E-state index in [1.54, 1.807) is 24.3 Å². The molecule has 7 heteroatoms. The number of hydrogen-bond acceptors (Lipinski definition) is 2. The van der Waals surface area contributed by atoms with Gasteiger partial charge >= 0.3 is 0 Å². The third kappa shape index (κ3) is 4.50. The minimum atomic E-state index is -0.435. The van der Waals surface area contributed by atoms with Crippen molar-refractivity contribution in [3.05, 3.63) is 51.8 Å². The first-order valence-electron chi connectivity index (χ1n) is 6.94. The topological polar surface area (TPSA) is 74.0 Å². The summed E-state index contributed by atoms with van der Waals surface area (Å²) >= 11 is 11.6. The Morgan fingerprint density at radius 1 is 1.09 bits per heavy atom. The second kappa shape index (κ2) is 6.64. The van der Waals surface area contributed by atoms with Gasteiger partial charge in [0.25, 0.3) is 11.8 Å². The van der Waals surface area contributed by atoms with Gasteiger partial charge in [-0.3, -0.25) is 9.59 Å². The Labute approximate surface area is 144 Å². The number of aromatic amines is 1. The van der Waals surface area contributed by atoms with E-state index in [1.165, 1.54) is 6.07 Å². The number of rotatable bonds is 3. The lowest BCUT2D eigenvalue weighted by atomic mass is 10.1. The first-order valence-corrected chi connectivity index (χ1v) is 7.70. The Morgan fingerprint density at radius 3 is 2.30 bits per heavy atom. The van der Waals surface area contributed by atoms with Crippen molar-refractivity contribution in [1.29, 1.82) is 0 Å². The predicted molar refractivity (Wildman–Crippen MR) is 92.4 cm³/mol. The summed E-state index contributed by atoms with van der Waals surface area (Å²) in [6, 6.07) is 8.19. The fourth-order valence-electron chi connectivity index (χ4n) is 1.91. The molecule has 0 radical (unpaired) electrons. The maximum Gasteiger partial charge on any atom is 0.272 e. The maximum absolute atomic E-state index is 12.3. The molecule has 23 heavy (non-hydrogen) atoms. The summed E-state index contributed by atoms with van der Waals surface area (Å²) in [5.41, 5.74) is 0.612. The van der Waals surface area contributed by atoms with Crippen molar-refractivity contribution in [3.8, 4) is 0 Å². The number of anilines is 1. The molecule has 0 aliphatic rings. The van der Waals surface area contributed by atoms with E-state index in [0.29, 0.717) is 11.3 Å². The fourth-order valence-corrected chi connectivity index (χ4v) is 2.23. The molecule has 0 saturated carbocycles. The molecule has 2 rings (SSSR count). The summed E-state index contributed by atoms with van der Waals surface area (Å²) in [5, 5.41) is 6.00. The zero-order valence-corrected chi connectivity index (χ0v) is 14.5. The van der Waals surface area contributed by atoms with Gasteiger partial charge in [-0.1, -0.05) is 35.3 Å². The average Bonchev–Trinajstić information content (AvgIpc) is 2.77. The van der Waals surface area contributed by atoms with Crippen LogP contribution in [0.2, 0.25) is 10.2 Å². The summed E-state index contributed by atoms with van der Waals surface area (Å²) in [7, 11) is 0. The van der Waals surface area contributed by atoms with Gasteiger partial charge in [0.15, 0.2) is 0 Å². The summed E-state index contributed by atoms with van der Waals surface area (Å²) in [6.45, 7) is 5.65. The fraction of sp³-hybridized carbons (Fsp3) is 0.250. The van der Waals surface area contributed by atoms with E-state index in [2.05, 4.69) is 15.6 Å². The van der Waals surface area contributed by atoms with E-state index in [-0.39, 0.29) is 27.3 Å². The molecule has 5 nitrogen and oxygen atoms in total. The van der Waals surface area contributed by atoms with Crippen molar-refractivity contribution in [3.63, 3.8) is 0 Å². The van der Waals surface area contributed by atoms with Crippen LogP contribution in [0.5, 0.6) is 0 Å². The average molecular weight is 354 g/mol. The van der Waals surface area contributed by atoms with Crippen molar-refractivity contribution in [2.45, 2.75) is 26.3 Å². The van der Waals surface area contributed by atoms with E-state index >= 15 is 0 Å². The molecule has 0 fully saturated rings. The highest BCUT2D eigenvalue weighted by Gasteiger charge is 2.19. The molecule has 1 aromatic carbocycles. The minimum absolute atomic E-state index is 0.190. The number of hydrogen-bond donors (Lipinski definition) is 3. The molecule has 1 heterocycles. The van der Waals surface area contributed by atoms with Crippen molar-refractivity contribution < 1.29 is 9.59 Å².